The summed E-state index contributed by atoms with van der Waals surface area (Å²) in [6.45, 7) is 0.432. The molecular formula is C14H16BrNO3. The molecular weight excluding hydrogens is 310 g/mol. The molecule has 1 fully saturated rings. The Bertz CT molecular complexity index is 489. The fraction of sp³-hybridized carbons (Fsp3) is 0.429. The Morgan fingerprint density at radius 2 is 2.05 bits per heavy atom. The van der Waals surface area contributed by atoms with Crippen LogP contribution in [0.25, 0.3) is 0 Å². The molecule has 4 nitrogen and oxygen atoms in total. The van der Waals surface area contributed by atoms with E-state index in [0.29, 0.717) is 19.4 Å². The highest BCUT2D eigenvalue weighted by atomic mass is 79.9. The van der Waals surface area contributed by atoms with E-state index >= 15 is 0 Å². The van der Waals surface area contributed by atoms with E-state index < -0.39 is 11.9 Å². The maximum absolute atomic E-state index is 12.0. The van der Waals surface area contributed by atoms with Gasteiger partial charge >= 0.3 is 5.97 Å². The number of carbonyl (C=O) groups is 2. The number of carboxylic acid groups (broad SMARTS) is 1. The van der Waals surface area contributed by atoms with Gasteiger partial charge in [0.2, 0.25) is 5.91 Å². The molecule has 1 aromatic rings. The van der Waals surface area contributed by atoms with E-state index in [1.54, 1.807) is 0 Å². The lowest BCUT2D eigenvalue weighted by atomic mass is 9.95. The second-order valence-electron chi connectivity index (χ2n) is 4.83. The standard InChI is InChI=1S/C14H16BrNO3/c15-10-4-1-3-9(7-10)8-16-13(17)11-5-2-6-12(11)14(18)19/h1,3-4,7,11-12H,2,5-6,8H2,(H,16,17)(H,18,19). The van der Waals surface area contributed by atoms with Crippen molar-refractivity contribution in [3.05, 3.63) is 34.3 Å². The zero-order valence-corrected chi connectivity index (χ0v) is 12.0. The van der Waals surface area contributed by atoms with Gasteiger partial charge in [0.1, 0.15) is 0 Å². The molecule has 0 bridgehead atoms. The van der Waals surface area contributed by atoms with Gasteiger partial charge in [0.25, 0.3) is 0 Å². The molecule has 0 aliphatic heterocycles. The molecule has 1 aliphatic rings. The highest BCUT2D eigenvalue weighted by Crippen LogP contribution is 2.32. The molecule has 1 amide bonds. The zero-order chi connectivity index (χ0) is 13.8. The van der Waals surface area contributed by atoms with Gasteiger partial charge in [0.05, 0.1) is 11.8 Å². The van der Waals surface area contributed by atoms with E-state index in [1.165, 1.54) is 0 Å². The molecule has 1 aromatic carbocycles. The fourth-order valence-corrected chi connectivity index (χ4v) is 2.98. The SMILES string of the molecule is O=C(O)C1CCCC1C(=O)NCc1cccc(Br)c1. The maximum atomic E-state index is 12.0. The average Bonchev–Trinajstić information content (AvgIpc) is 2.85. The summed E-state index contributed by atoms with van der Waals surface area (Å²) in [5.74, 6) is -1.92. The first-order valence-corrected chi connectivity index (χ1v) is 7.12. The molecule has 0 aromatic heterocycles. The largest absolute Gasteiger partial charge is 0.481 e. The molecule has 2 rings (SSSR count). The molecule has 5 heteroatoms. The Morgan fingerprint density at radius 3 is 2.74 bits per heavy atom. The average molecular weight is 326 g/mol. The Balaban J connectivity index is 1.92. The third-order valence-electron chi connectivity index (χ3n) is 3.53. The van der Waals surface area contributed by atoms with E-state index in [9.17, 15) is 9.59 Å². The molecule has 1 aliphatic carbocycles. The molecule has 0 spiro atoms. The van der Waals surface area contributed by atoms with Crippen LogP contribution in [0.3, 0.4) is 0 Å². The highest BCUT2D eigenvalue weighted by molar-refractivity contribution is 9.10. The molecule has 19 heavy (non-hydrogen) atoms. The fourth-order valence-electron chi connectivity index (χ4n) is 2.54. The lowest BCUT2D eigenvalue weighted by Crippen LogP contribution is -2.34. The van der Waals surface area contributed by atoms with Gasteiger partial charge in [-0.3, -0.25) is 9.59 Å². The van der Waals surface area contributed by atoms with Gasteiger partial charge in [0, 0.05) is 11.0 Å². The van der Waals surface area contributed by atoms with E-state index in [1.807, 2.05) is 24.3 Å². The number of nitrogens with one attached hydrogen (secondary N) is 1. The van der Waals surface area contributed by atoms with Crippen molar-refractivity contribution in [2.75, 3.05) is 0 Å². The van der Waals surface area contributed by atoms with Crippen LogP contribution in [0.5, 0.6) is 0 Å². The molecule has 1 saturated carbocycles. The van der Waals surface area contributed by atoms with Crippen LogP contribution in [0.15, 0.2) is 28.7 Å². The van der Waals surface area contributed by atoms with Crippen LogP contribution in [-0.2, 0) is 16.1 Å². The van der Waals surface area contributed by atoms with Crippen LogP contribution in [0.1, 0.15) is 24.8 Å². The summed E-state index contributed by atoms with van der Waals surface area (Å²) in [6, 6.07) is 7.68. The van der Waals surface area contributed by atoms with Gasteiger partial charge in [-0.2, -0.15) is 0 Å². The first-order valence-electron chi connectivity index (χ1n) is 6.33. The molecule has 2 unspecified atom stereocenters. The minimum absolute atomic E-state index is 0.148. The minimum atomic E-state index is -0.861. The van der Waals surface area contributed by atoms with Crippen LogP contribution in [-0.4, -0.2) is 17.0 Å². The normalized spacial score (nSPS) is 22.2. The van der Waals surface area contributed by atoms with Crippen molar-refractivity contribution >= 4 is 27.8 Å². The summed E-state index contributed by atoms with van der Waals surface area (Å²) in [5, 5.41) is 11.9. The summed E-state index contributed by atoms with van der Waals surface area (Å²) >= 11 is 3.37. The smallest absolute Gasteiger partial charge is 0.307 e. The number of aliphatic carboxylic acids is 1. The first kappa shape index (κ1) is 14.1. The molecule has 0 radical (unpaired) electrons. The molecule has 2 N–H and O–H groups in total. The minimum Gasteiger partial charge on any atom is -0.481 e. The number of hydrogen-bond donors (Lipinski definition) is 2. The number of carboxylic acids is 1. The van der Waals surface area contributed by atoms with Crippen molar-refractivity contribution in [1.29, 1.82) is 0 Å². The molecule has 0 saturated heterocycles. The Morgan fingerprint density at radius 1 is 1.32 bits per heavy atom. The van der Waals surface area contributed by atoms with Gasteiger partial charge in [-0.1, -0.05) is 34.5 Å². The second kappa shape index (κ2) is 6.19. The van der Waals surface area contributed by atoms with Gasteiger partial charge in [-0.25, -0.2) is 0 Å². The number of halogens is 1. The number of hydrogen-bond acceptors (Lipinski definition) is 2. The van der Waals surface area contributed by atoms with Crippen molar-refractivity contribution in [2.45, 2.75) is 25.8 Å². The number of benzene rings is 1. The number of carbonyl (C=O) groups excluding carboxylic acids is 1. The number of amides is 1. The van der Waals surface area contributed by atoms with E-state index in [0.717, 1.165) is 16.5 Å². The number of rotatable bonds is 4. The van der Waals surface area contributed by atoms with Crippen LogP contribution in [0.4, 0.5) is 0 Å². The maximum Gasteiger partial charge on any atom is 0.307 e. The van der Waals surface area contributed by atoms with Crippen molar-refractivity contribution < 1.29 is 14.7 Å². The van der Waals surface area contributed by atoms with E-state index in [-0.39, 0.29) is 11.8 Å². The predicted molar refractivity (Wildman–Crippen MR) is 74.5 cm³/mol. The van der Waals surface area contributed by atoms with E-state index in [4.69, 9.17) is 5.11 Å². The summed E-state index contributed by atoms with van der Waals surface area (Å²) in [5.41, 5.74) is 0.993. The summed E-state index contributed by atoms with van der Waals surface area (Å²) in [4.78, 5) is 23.1. The summed E-state index contributed by atoms with van der Waals surface area (Å²) < 4.78 is 0.962. The third kappa shape index (κ3) is 3.56. The van der Waals surface area contributed by atoms with Crippen LogP contribution in [0, 0.1) is 11.8 Å². The van der Waals surface area contributed by atoms with Gasteiger partial charge in [-0.15, -0.1) is 0 Å². The monoisotopic (exact) mass is 325 g/mol. The third-order valence-corrected chi connectivity index (χ3v) is 4.02. The van der Waals surface area contributed by atoms with Crippen molar-refractivity contribution in [2.24, 2.45) is 11.8 Å². The summed E-state index contributed by atoms with van der Waals surface area (Å²) in [6.07, 6.45) is 2.08. The van der Waals surface area contributed by atoms with Crippen molar-refractivity contribution in [3.63, 3.8) is 0 Å². The van der Waals surface area contributed by atoms with Crippen LogP contribution in [0.2, 0.25) is 0 Å². The topological polar surface area (TPSA) is 66.4 Å². The lowest BCUT2D eigenvalue weighted by Gasteiger charge is -2.15. The zero-order valence-electron chi connectivity index (χ0n) is 10.4. The van der Waals surface area contributed by atoms with Crippen LogP contribution < -0.4 is 5.32 Å². The summed E-state index contributed by atoms with van der Waals surface area (Å²) in [7, 11) is 0. The van der Waals surface area contributed by atoms with Crippen LogP contribution >= 0.6 is 15.9 Å². The molecule has 0 heterocycles. The highest BCUT2D eigenvalue weighted by Gasteiger charge is 2.37. The molecule has 2 atom stereocenters. The first-order chi connectivity index (χ1) is 9.08. The predicted octanol–water partition coefficient (Wildman–Crippen LogP) is 2.57. The quantitative estimate of drug-likeness (QED) is 0.894. The Kier molecular flexibility index (Phi) is 4.58. The Labute approximate surface area is 120 Å². The second-order valence-corrected chi connectivity index (χ2v) is 5.75. The van der Waals surface area contributed by atoms with E-state index in [2.05, 4.69) is 21.2 Å². The van der Waals surface area contributed by atoms with Crippen molar-refractivity contribution in [1.82, 2.24) is 5.32 Å². The molecule has 102 valence electrons. The lowest BCUT2D eigenvalue weighted by molar-refractivity contribution is -0.146. The Hall–Kier alpha value is -1.36. The van der Waals surface area contributed by atoms with Crippen molar-refractivity contribution in [3.8, 4) is 0 Å². The van der Waals surface area contributed by atoms with Gasteiger partial charge < -0.3 is 10.4 Å². The van der Waals surface area contributed by atoms with Gasteiger partial charge in [-0.05, 0) is 30.5 Å². The van der Waals surface area contributed by atoms with Gasteiger partial charge in [0.15, 0.2) is 0 Å².